The van der Waals surface area contributed by atoms with Crippen LogP contribution >= 0.6 is 0 Å². The second-order valence-corrected chi connectivity index (χ2v) is 4.35. The second kappa shape index (κ2) is 3.33. The van der Waals surface area contributed by atoms with Gasteiger partial charge in [-0.15, -0.1) is 0 Å². The molecule has 1 fully saturated rings. The van der Waals surface area contributed by atoms with Gasteiger partial charge in [-0.3, -0.25) is 4.79 Å². The number of aryl methyl sites for hydroxylation is 1. The summed E-state index contributed by atoms with van der Waals surface area (Å²) in [4.78, 5) is 18.9. The van der Waals surface area contributed by atoms with E-state index in [1.807, 2.05) is 19.2 Å². The third-order valence-electron chi connectivity index (χ3n) is 2.97. The minimum Gasteiger partial charge on any atom is -0.361 e. The summed E-state index contributed by atoms with van der Waals surface area (Å²) in [5.41, 5.74) is 2.18. The zero-order valence-corrected chi connectivity index (χ0v) is 9.08. The number of fused-ring (bicyclic) bond motifs is 1. The fourth-order valence-corrected chi connectivity index (χ4v) is 1.79. The van der Waals surface area contributed by atoms with Gasteiger partial charge in [0.15, 0.2) is 0 Å². The van der Waals surface area contributed by atoms with Crippen LogP contribution in [-0.4, -0.2) is 15.9 Å². The molecule has 1 amide bonds. The average Bonchev–Trinajstić information content (AvgIpc) is 3.05. The first kappa shape index (κ1) is 9.39. The predicted octanol–water partition coefficient (Wildman–Crippen LogP) is 2.22. The molecule has 3 rings (SSSR count). The Balaban J connectivity index is 1.89. The van der Waals surface area contributed by atoms with E-state index in [0.29, 0.717) is 5.82 Å². The highest BCUT2D eigenvalue weighted by Gasteiger charge is 2.29. The molecular weight excluding hydrogens is 202 g/mol. The van der Waals surface area contributed by atoms with Crippen molar-refractivity contribution < 1.29 is 4.79 Å². The van der Waals surface area contributed by atoms with Crippen molar-refractivity contribution in [3.63, 3.8) is 0 Å². The topological polar surface area (TPSA) is 57.8 Å². The van der Waals surface area contributed by atoms with Gasteiger partial charge in [0.2, 0.25) is 5.91 Å². The molecule has 0 radical (unpaired) electrons. The van der Waals surface area contributed by atoms with Crippen molar-refractivity contribution in [2.45, 2.75) is 19.8 Å². The number of nitrogens with one attached hydrogen (secondary N) is 2. The molecule has 0 bridgehead atoms. The van der Waals surface area contributed by atoms with Crippen molar-refractivity contribution in [2.75, 3.05) is 5.32 Å². The van der Waals surface area contributed by atoms with Crippen molar-refractivity contribution >= 4 is 22.6 Å². The Morgan fingerprint density at radius 1 is 1.56 bits per heavy atom. The van der Waals surface area contributed by atoms with Gasteiger partial charge in [-0.2, -0.15) is 0 Å². The van der Waals surface area contributed by atoms with Gasteiger partial charge in [0.1, 0.15) is 5.82 Å². The van der Waals surface area contributed by atoms with E-state index >= 15 is 0 Å². The number of hydrogen-bond acceptors (Lipinski definition) is 2. The van der Waals surface area contributed by atoms with Gasteiger partial charge in [0.05, 0.1) is 5.52 Å². The van der Waals surface area contributed by atoms with Crippen molar-refractivity contribution in [3.8, 4) is 0 Å². The molecule has 2 heterocycles. The van der Waals surface area contributed by atoms with E-state index in [4.69, 9.17) is 0 Å². The average molecular weight is 215 g/mol. The van der Waals surface area contributed by atoms with E-state index in [2.05, 4.69) is 15.3 Å². The number of aromatic amines is 1. The van der Waals surface area contributed by atoms with Crippen LogP contribution in [0.25, 0.3) is 10.9 Å². The monoisotopic (exact) mass is 215 g/mol. The molecule has 82 valence electrons. The van der Waals surface area contributed by atoms with E-state index in [1.165, 1.54) is 5.56 Å². The third kappa shape index (κ3) is 1.56. The Morgan fingerprint density at radius 2 is 2.38 bits per heavy atom. The fraction of sp³-hybridized carbons (Fsp3) is 0.333. The van der Waals surface area contributed by atoms with Crippen molar-refractivity contribution in [2.24, 2.45) is 5.92 Å². The minimum atomic E-state index is 0.0927. The molecule has 1 aliphatic rings. The SMILES string of the molecule is Cc1c[nH]c2cc(NC(=O)C3CC3)ncc12. The number of H-pyrrole nitrogens is 1. The Labute approximate surface area is 93.1 Å². The standard InChI is InChI=1S/C12H13N3O/c1-7-5-13-10-4-11(14-6-9(7)10)15-12(16)8-2-3-8/h4-6,8,13H,2-3H2,1H3,(H,14,15,16). The van der Waals surface area contributed by atoms with Crippen LogP contribution in [0.15, 0.2) is 18.5 Å². The predicted molar refractivity (Wildman–Crippen MR) is 62.2 cm³/mol. The zero-order valence-electron chi connectivity index (χ0n) is 9.08. The summed E-state index contributed by atoms with van der Waals surface area (Å²) in [5.74, 6) is 0.934. The summed E-state index contributed by atoms with van der Waals surface area (Å²) in [5, 5.41) is 3.94. The quantitative estimate of drug-likeness (QED) is 0.807. The lowest BCUT2D eigenvalue weighted by Crippen LogP contribution is -2.14. The number of carbonyl (C=O) groups is 1. The van der Waals surface area contributed by atoms with Gasteiger partial charge in [0.25, 0.3) is 0 Å². The number of nitrogens with zero attached hydrogens (tertiary/aromatic N) is 1. The first-order valence-electron chi connectivity index (χ1n) is 5.48. The van der Waals surface area contributed by atoms with Crippen LogP contribution in [0.1, 0.15) is 18.4 Å². The largest absolute Gasteiger partial charge is 0.361 e. The molecule has 0 aliphatic heterocycles. The summed E-state index contributed by atoms with van der Waals surface area (Å²) in [6.07, 6.45) is 5.76. The number of amides is 1. The lowest BCUT2D eigenvalue weighted by atomic mass is 10.2. The smallest absolute Gasteiger partial charge is 0.228 e. The van der Waals surface area contributed by atoms with Gasteiger partial charge in [0, 0.05) is 29.8 Å². The molecule has 0 aromatic carbocycles. The molecule has 0 spiro atoms. The van der Waals surface area contributed by atoms with Crippen molar-refractivity contribution in [1.82, 2.24) is 9.97 Å². The van der Waals surface area contributed by atoms with E-state index < -0.39 is 0 Å². The van der Waals surface area contributed by atoms with Gasteiger partial charge in [-0.1, -0.05) is 0 Å². The number of hydrogen-bond donors (Lipinski definition) is 2. The Morgan fingerprint density at radius 3 is 3.12 bits per heavy atom. The summed E-state index contributed by atoms with van der Waals surface area (Å²) in [6, 6.07) is 1.88. The Hall–Kier alpha value is -1.84. The summed E-state index contributed by atoms with van der Waals surface area (Å²) < 4.78 is 0. The molecule has 1 saturated carbocycles. The van der Waals surface area contributed by atoms with Crippen LogP contribution in [0.3, 0.4) is 0 Å². The Bertz CT molecular complexity index is 554. The van der Waals surface area contributed by atoms with E-state index in [1.54, 1.807) is 6.20 Å². The number of anilines is 1. The van der Waals surface area contributed by atoms with Gasteiger partial charge < -0.3 is 10.3 Å². The van der Waals surface area contributed by atoms with E-state index in [-0.39, 0.29) is 11.8 Å². The molecule has 4 heteroatoms. The molecule has 1 aliphatic carbocycles. The van der Waals surface area contributed by atoms with Gasteiger partial charge >= 0.3 is 0 Å². The summed E-state index contributed by atoms with van der Waals surface area (Å²) in [7, 11) is 0. The van der Waals surface area contributed by atoms with E-state index in [0.717, 1.165) is 23.7 Å². The van der Waals surface area contributed by atoms with Gasteiger partial charge in [-0.25, -0.2) is 4.98 Å². The molecular formula is C12H13N3O. The Kier molecular flexibility index (Phi) is 1.96. The van der Waals surface area contributed by atoms with E-state index in [9.17, 15) is 4.79 Å². The molecule has 16 heavy (non-hydrogen) atoms. The molecule has 0 atom stereocenters. The summed E-state index contributed by atoms with van der Waals surface area (Å²) in [6.45, 7) is 2.03. The first-order chi connectivity index (χ1) is 7.74. The molecule has 2 aromatic heterocycles. The fourth-order valence-electron chi connectivity index (χ4n) is 1.79. The van der Waals surface area contributed by atoms with Crippen LogP contribution in [0, 0.1) is 12.8 Å². The van der Waals surface area contributed by atoms with Crippen LogP contribution in [0.5, 0.6) is 0 Å². The molecule has 2 N–H and O–H groups in total. The maximum Gasteiger partial charge on any atom is 0.228 e. The van der Waals surface area contributed by atoms with Crippen LogP contribution in [0.4, 0.5) is 5.82 Å². The normalized spacial score (nSPS) is 15.3. The van der Waals surface area contributed by atoms with Crippen molar-refractivity contribution in [1.29, 1.82) is 0 Å². The first-order valence-corrected chi connectivity index (χ1v) is 5.48. The lowest BCUT2D eigenvalue weighted by molar-refractivity contribution is -0.117. The van der Waals surface area contributed by atoms with Crippen molar-refractivity contribution in [3.05, 3.63) is 24.0 Å². The zero-order chi connectivity index (χ0) is 11.1. The second-order valence-electron chi connectivity index (χ2n) is 4.35. The van der Waals surface area contributed by atoms with Crippen LogP contribution < -0.4 is 5.32 Å². The number of aromatic nitrogens is 2. The van der Waals surface area contributed by atoms with Gasteiger partial charge in [-0.05, 0) is 25.3 Å². The maximum absolute atomic E-state index is 11.6. The molecule has 4 nitrogen and oxygen atoms in total. The molecule has 0 unspecified atom stereocenters. The number of pyridine rings is 1. The van der Waals surface area contributed by atoms with Crippen LogP contribution in [0.2, 0.25) is 0 Å². The van der Waals surface area contributed by atoms with Crippen LogP contribution in [-0.2, 0) is 4.79 Å². The maximum atomic E-state index is 11.6. The molecule has 0 saturated heterocycles. The number of carbonyl (C=O) groups excluding carboxylic acids is 1. The minimum absolute atomic E-state index is 0.0927. The highest BCUT2D eigenvalue weighted by Crippen LogP contribution is 2.30. The highest BCUT2D eigenvalue weighted by atomic mass is 16.2. The number of rotatable bonds is 2. The molecule has 2 aromatic rings. The third-order valence-corrected chi connectivity index (χ3v) is 2.97. The lowest BCUT2D eigenvalue weighted by Gasteiger charge is -2.02. The summed E-state index contributed by atoms with van der Waals surface area (Å²) >= 11 is 0. The highest BCUT2D eigenvalue weighted by molar-refractivity contribution is 5.95.